The van der Waals surface area contributed by atoms with Crippen LogP contribution < -0.4 is 4.74 Å². The lowest BCUT2D eigenvalue weighted by Gasteiger charge is -2.35. The second-order valence-electron chi connectivity index (χ2n) is 6.94. The maximum absolute atomic E-state index is 12.0. The van der Waals surface area contributed by atoms with Crippen LogP contribution in [0.5, 0.6) is 5.75 Å². The molecular formula is C18H27BrN2O3. The lowest BCUT2D eigenvalue weighted by Crippen LogP contribution is -2.50. The van der Waals surface area contributed by atoms with Crippen molar-refractivity contribution in [2.24, 2.45) is 0 Å². The first-order chi connectivity index (χ1) is 11.3. The zero-order valence-corrected chi connectivity index (χ0v) is 16.3. The average Bonchev–Trinajstić information content (AvgIpc) is 2.52. The summed E-state index contributed by atoms with van der Waals surface area (Å²) < 4.78 is 12.2. The molecule has 1 amide bonds. The molecule has 0 bridgehead atoms. The second-order valence-corrected chi connectivity index (χ2v) is 7.80. The van der Waals surface area contributed by atoms with Crippen LogP contribution in [0.4, 0.5) is 4.79 Å². The summed E-state index contributed by atoms with van der Waals surface area (Å²) in [5, 5.41) is 0. The van der Waals surface area contributed by atoms with E-state index in [4.69, 9.17) is 9.47 Å². The van der Waals surface area contributed by atoms with Crippen molar-refractivity contribution in [3.05, 3.63) is 28.7 Å². The van der Waals surface area contributed by atoms with E-state index in [0.717, 1.165) is 49.4 Å². The highest BCUT2D eigenvalue weighted by Crippen LogP contribution is 2.23. The molecule has 1 saturated heterocycles. The van der Waals surface area contributed by atoms with Gasteiger partial charge in [0.05, 0.1) is 11.1 Å². The Labute approximate surface area is 153 Å². The standard InChI is InChI=1S/C18H27BrN2O3/c1-18(2,3)24-17(22)21-12-10-20(11-13-21)9-6-14-23-16-8-5-4-7-15(16)19/h4-5,7-8H,6,9-14H2,1-3H3. The number of carbonyl (C=O) groups excluding carboxylic acids is 1. The molecule has 134 valence electrons. The van der Waals surface area contributed by atoms with Gasteiger partial charge in [0.25, 0.3) is 0 Å². The van der Waals surface area contributed by atoms with E-state index in [9.17, 15) is 4.79 Å². The molecule has 0 aliphatic carbocycles. The Morgan fingerprint density at radius 1 is 1.17 bits per heavy atom. The van der Waals surface area contributed by atoms with E-state index < -0.39 is 5.60 Å². The van der Waals surface area contributed by atoms with Gasteiger partial charge in [-0.25, -0.2) is 4.79 Å². The predicted octanol–water partition coefficient (Wildman–Crippen LogP) is 3.77. The molecule has 0 saturated carbocycles. The molecule has 1 fully saturated rings. The van der Waals surface area contributed by atoms with Crippen molar-refractivity contribution in [3.8, 4) is 5.75 Å². The normalized spacial score (nSPS) is 16.1. The third kappa shape index (κ3) is 6.32. The van der Waals surface area contributed by atoms with E-state index in [1.807, 2.05) is 45.0 Å². The highest BCUT2D eigenvalue weighted by atomic mass is 79.9. The Balaban J connectivity index is 1.63. The number of hydrogen-bond donors (Lipinski definition) is 0. The number of halogens is 1. The Morgan fingerprint density at radius 3 is 2.46 bits per heavy atom. The van der Waals surface area contributed by atoms with E-state index in [1.54, 1.807) is 4.90 Å². The first-order valence-electron chi connectivity index (χ1n) is 8.43. The monoisotopic (exact) mass is 398 g/mol. The highest BCUT2D eigenvalue weighted by Gasteiger charge is 2.25. The highest BCUT2D eigenvalue weighted by molar-refractivity contribution is 9.10. The third-order valence-electron chi connectivity index (χ3n) is 3.74. The van der Waals surface area contributed by atoms with E-state index >= 15 is 0 Å². The van der Waals surface area contributed by atoms with Crippen molar-refractivity contribution in [1.29, 1.82) is 0 Å². The van der Waals surface area contributed by atoms with Crippen molar-refractivity contribution < 1.29 is 14.3 Å². The molecule has 1 aromatic carbocycles. The summed E-state index contributed by atoms with van der Waals surface area (Å²) in [7, 11) is 0. The number of rotatable bonds is 5. The van der Waals surface area contributed by atoms with Crippen LogP contribution in [0.25, 0.3) is 0 Å². The van der Waals surface area contributed by atoms with Crippen LogP contribution in [0.1, 0.15) is 27.2 Å². The molecule has 5 nitrogen and oxygen atoms in total. The van der Waals surface area contributed by atoms with E-state index in [1.165, 1.54) is 0 Å². The molecule has 1 aliphatic rings. The van der Waals surface area contributed by atoms with Crippen LogP contribution in [0.2, 0.25) is 0 Å². The van der Waals surface area contributed by atoms with E-state index in [0.29, 0.717) is 6.61 Å². The smallest absolute Gasteiger partial charge is 0.410 e. The molecule has 0 unspecified atom stereocenters. The van der Waals surface area contributed by atoms with Gasteiger partial charge < -0.3 is 14.4 Å². The molecule has 6 heteroatoms. The van der Waals surface area contributed by atoms with E-state index in [2.05, 4.69) is 20.8 Å². The molecule has 0 aromatic heterocycles. The maximum atomic E-state index is 12.0. The summed E-state index contributed by atoms with van der Waals surface area (Å²) >= 11 is 3.48. The maximum Gasteiger partial charge on any atom is 0.410 e. The topological polar surface area (TPSA) is 42.0 Å². The van der Waals surface area contributed by atoms with Crippen molar-refractivity contribution in [2.45, 2.75) is 32.8 Å². The van der Waals surface area contributed by atoms with Gasteiger partial charge in [-0.05, 0) is 55.3 Å². The molecule has 0 N–H and O–H groups in total. The number of piperazine rings is 1. The van der Waals surface area contributed by atoms with Gasteiger partial charge in [0.15, 0.2) is 0 Å². The van der Waals surface area contributed by atoms with Gasteiger partial charge in [-0.2, -0.15) is 0 Å². The van der Waals surface area contributed by atoms with Gasteiger partial charge in [0, 0.05) is 32.7 Å². The van der Waals surface area contributed by atoms with Gasteiger partial charge in [0.1, 0.15) is 11.4 Å². The fraction of sp³-hybridized carbons (Fsp3) is 0.611. The summed E-state index contributed by atoms with van der Waals surface area (Å²) in [4.78, 5) is 16.2. The zero-order chi connectivity index (χ0) is 17.6. The lowest BCUT2D eigenvalue weighted by molar-refractivity contribution is 0.0142. The molecule has 2 rings (SSSR count). The largest absolute Gasteiger partial charge is 0.492 e. The quantitative estimate of drug-likeness (QED) is 0.707. The first kappa shape index (κ1) is 19.1. The minimum atomic E-state index is -0.433. The number of carbonyl (C=O) groups is 1. The van der Waals surface area contributed by atoms with Crippen molar-refractivity contribution in [3.63, 3.8) is 0 Å². The number of ether oxygens (including phenoxy) is 2. The first-order valence-corrected chi connectivity index (χ1v) is 9.22. The summed E-state index contributed by atoms with van der Waals surface area (Å²) in [6, 6.07) is 7.88. The van der Waals surface area contributed by atoms with Crippen LogP contribution in [-0.2, 0) is 4.74 Å². The van der Waals surface area contributed by atoms with Crippen LogP contribution in [-0.4, -0.2) is 60.8 Å². The summed E-state index contributed by atoms with van der Waals surface area (Å²) in [6.45, 7) is 10.6. The molecule has 1 aromatic rings. The fourth-order valence-corrected chi connectivity index (χ4v) is 2.91. The molecule has 24 heavy (non-hydrogen) atoms. The Hall–Kier alpha value is -1.27. The minimum absolute atomic E-state index is 0.209. The Kier molecular flexibility index (Phi) is 6.92. The molecule has 0 atom stereocenters. The number of para-hydroxylation sites is 1. The number of hydrogen-bond acceptors (Lipinski definition) is 4. The third-order valence-corrected chi connectivity index (χ3v) is 4.39. The van der Waals surface area contributed by atoms with Crippen LogP contribution in [0.3, 0.4) is 0 Å². The van der Waals surface area contributed by atoms with Gasteiger partial charge in [-0.1, -0.05) is 12.1 Å². The summed E-state index contributed by atoms with van der Waals surface area (Å²) in [5.41, 5.74) is -0.433. The number of amides is 1. The van der Waals surface area contributed by atoms with E-state index in [-0.39, 0.29) is 6.09 Å². The SMILES string of the molecule is CC(C)(C)OC(=O)N1CCN(CCCOc2ccccc2Br)CC1. The second kappa shape index (κ2) is 8.72. The molecule has 1 aliphatic heterocycles. The molecule has 0 spiro atoms. The fourth-order valence-electron chi connectivity index (χ4n) is 2.51. The summed E-state index contributed by atoms with van der Waals surface area (Å²) in [6.07, 6.45) is 0.757. The Morgan fingerprint density at radius 2 is 1.83 bits per heavy atom. The van der Waals surface area contributed by atoms with Crippen LogP contribution in [0.15, 0.2) is 28.7 Å². The van der Waals surface area contributed by atoms with Crippen LogP contribution in [0, 0.1) is 0 Å². The van der Waals surface area contributed by atoms with Gasteiger partial charge in [0.2, 0.25) is 0 Å². The predicted molar refractivity (Wildman–Crippen MR) is 98.5 cm³/mol. The zero-order valence-electron chi connectivity index (χ0n) is 14.8. The van der Waals surface area contributed by atoms with Crippen molar-refractivity contribution in [2.75, 3.05) is 39.3 Å². The van der Waals surface area contributed by atoms with Gasteiger partial charge in [-0.3, -0.25) is 4.90 Å². The lowest BCUT2D eigenvalue weighted by atomic mass is 10.2. The van der Waals surface area contributed by atoms with Gasteiger partial charge >= 0.3 is 6.09 Å². The number of nitrogens with zero attached hydrogens (tertiary/aromatic N) is 2. The van der Waals surface area contributed by atoms with Crippen molar-refractivity contribution in [1.82, 2.24) is 9.80 Å². The molecule has 0 radical (unpaired) electrons. The molecular weight excluding hydrogens is 372 g/mol. The number of benzene rings is 1. The minimum Gasteiger partial charge on any atom is -0.492 e. The van der Waals surface area contributed by atoms with Gasteiger partial charge in [-0.15, -0.1) is 0 Å². The van der Waals surface area contributed by atoms with Crippen molar-refractivity contribution >= 4 is 22.0 Å². The van der Waals surface area contributed by atoms with Crippen LogP contribution >= 0.6 is 15.9 Å². The molecule has 1 heterocycles. The average molecular weight is 399 g/mol. The Bertz CT molecular complexity index is 537. The summed E-state index contributed by atoms with van der Waals surface area (Å²) in [5.74, 6) is 0.882.